The lowest BCUT2D eigenvalue weighted by Crippen LogP contribution is -2.46. The number of carboxylic acids is 1. The first-order chi connectivity index (χ1) is 9.49. The Bertz CT molecular complexity index is 560. The Hall–Kier alpha value is -0.190. The molecule has 0 saturated heterocycles. The summed E-state index contributed by atoms with van der Waals surface area (Å²) < 4.78 is 0. The molecule has 3 nitrogen and oxygen atoms in total. The SMILES string of the molecule is CC(CC(C)(N)C(=O)O)C(C)c1c(Cl)cc(Cl)c(Cl)c1Cl. The second kappa shape index (κ2) is 6.93. The van der Waals surface area contributed by atoms with Gasteiger partial charge in [0.15, 0.2) is 0 Å². The average Bonchev–Trinajstić information content (AvgIpc) is 2.35. The van der Waals surface area contributed by atoms with Gasteiger partial charge in [-0.3, -0.25) is 4.79 Å². The lowest BCUT2D eigenvalue weighted by molar-refractivity contribution is -0.143. The molecule has 0 aliphatic heterocycles. The molecule has 0 saturated carbocycles. The largest absolute Gasteiger partial charge is 0.480 e. The third kappa shape index (κ3) is 4.17. The first-order valence-corrected chi connectivity index (χ1v) is 7.85. The number of carbonyl (C=O) groups is 1. The molecule has 0 spiro atoms. The van der Waals surface area contributed by atoms with Crippen LogP contribution in [0.3, 0.4) is 0 Å². The molecule has 0 heterocycles. The van der Waals surface area contributed by atoms with Crippen LogP contribution in [-0.2, 0) is 4.79 Å². The molecule has 3 atom stereocenters. The van der Waals surface area contributed by atoms with Crippen LogP contribution in [0.4, 0.5) is 0 Å². The summed E-state index contributed by atoms with van der Waals surface area (Å²) in [7, 11) is 0. The van der Waals surface area contributed by atoms with Crippen molar-refractivity contribution >= 4 is 52.4 Å². The van der Waals surface area contributed by atoms with Crippen molar-refractivity contribution in [2.45, 2.75) is 38.6 Å². The lowest BCUT2D eigenvalue weighted by Gasteiger charge is -2.29. The average molecular weight is 373 g/mol. The third-order valence-electron chi connectivity index (χ3n) is 3.69. The molecule has 0 radical (unpaired) electrons. The molecule has 0 amide bonds. The number of benzene rings is 1. The van der Waals surface area contributed by atoms with Crippen molar-refractivity contribution in [1.82, 2.24) is 0 Å². The Morgan fingerprint density at radius 3 is 2.24 bits per heavy atom. The van der Waals surface area contributed by atoms with Crippen molar-refractivity contribution in [3.8, 4) is 0 Å². The molecule has 21 heavy (non-hydrogen) atoms. The molecule has 0 aliphatic rings. The molecule has 1 aromatic carbocycles. The van der Waals surface area contributed by atoms with Gasteiger partial charge in [-0.25, -0.2) is 0 Å². The maximum atomic E-state index is 11.1. The van der Waals surface area contributed by atoms with E-state index in [1.807, 2.05) is 13.8 Å². The highest BCUT2D eigenvalue weighted by Gasteiger charge is 2.33. The monoisotopic (exact) mass is 371 g/mol. The number of hydrogen-bond donors (Lipinski definition) is 2. The molecule has 3 unspecified atom stereocenters. The van der Waals surface area contributed by atoms with Gasteiger partial charge in [-0.15, -0.1) is 0 Å². The van der Waals surface area contributed by atoms with Crippen molar-refractivity contribution < 1.29 is 9.90 Å². The molecule has 0 bridgehead atoms. The molecular formula is C14H17Cl4NO2. The summed E-state index contributed by atoms with van der Waals surface area (Å²) in [6.45, 7) is 5.28. The van der Waals surface area contributed by atoms with E-state index in [9.17, 15) is 4.79 Å². The van der Waals surface area contributed by atoms with Crippen LogP contribution in [0.1, 0.15) is 38.7 Å². The highest BCUT2D eigenvalue weighted by molar-refractivity contribution is 6.49. The molecule has 1 aromatic rings. The summed E-state index contributed by atoms with van der Waals surface area (Å²) in [4.78, 5) is 11.1. The zero-order chi connectivity index (χ0) is 16.5. The van der Waals surface area contributed by atoms with E-state index < -0.39 is 11.5 Å². The van der Waals surface area contributed by atoms with E-state index in [-0.39, 0.29) is 28.3 Å². The minimum Gasteiger partial charge on any atom is -0.480 e. The van der Waals surface area contributed by atoms with Crippen molar-refractivity contribution in [2.75, 3.05) is 0 Å². The van der Waals surface area contributed by atoms with E-state index in [1.165, 1.54) is 13.0 Å². The summed E-state index contributed by atoms with van der Waals surface area (Å²) in [5.41, 5.74) is 5.13. The Balaban J connectivity index is 3.12. The molecule has 0 aliphatic carbocycles. The zero-order valence-electron chi connectivity index (χ0n) is 11.9. The van der Waals surface area contributed by atoms with Crippen LogP contribution < -0.4 is 5.73 Å². The maximum absolute atomic E-state index is 11.1. The molecule has 0 aromatic heterocycles. The van der Waals surface area contributed by atoms with Crippen LogP contribution in [0.2, 0.25) is 20.1 Å². The topological polar surface area (TPSA) is 63.3 Å². The molecular weight excluding hydrogens is 356 g/mol. The van der Waals surface area contributed by atoms with E-state index in [0.29, 0.717) is 15.6 Å². The van der Waals surface area contributed by atoms with Crippen molar-refractivity contribution in [3.63, 3.8) is 0 Å². The van der Waals surface area contributed by atoms with Crippen molar-refractivity contribution in [2.24, 2.45) is 11.7 Å². The molecule has 118 valence electrons. The maximum Gasteiger partial charge on any atom is 0.323 e. The Kier molecular flexibility index (Phi) is 6.22. The summed E-state index contributed by atoms with van der Waals surface area (Å²) in [5.74, 6) is -1.24. The van der Waals surface area contributed by atoms with Gasteiger partial charge in [-0.1, -0.05) is 60.3 Å². The quantitative estimate of drug-likeness (QED) is 0.549. The second-order valence-corrected chi connectivity index (χ2v) is 7.14. The minimum atomic E-state index is -1.32. The van der Waals surface area contributed by atoms with Crippen LogP contribution in [0.5, 0.6) is 0 Å². The first-order valence-electron chi connectivity index (χ1n) is 6.34. The number of hydrogen-bond acceptors (Lipinski definition) is 2. The molecule has 1 rings (SSSR count). The third-order valence-corrected chi connectivity index (χ3v) is 5.28. The summed E-state index contributed by atoms with van der Waals surface area (Å²) in [6.07, 6.45) is 0.274. The van der Waals surface area contributed by atoms with Crippen molar-refractivity contribution in [1.29, 1.82) is 0 Å². The summed E-state index contributed by atoms with van der Waals surface area (Å²) in [6, 6.07) is 1.54. The fraction of sp³-hybridized carbons (Fsp3) is 0.500. The first kappa shape index (κ1) is 18.9. The van der Waals surface area contributed by atoms with Crippen LogP contribution in [0.25, 0.3) is 0 Å². The zero-order valence-corrected chi connectivity index (χ0v) is 14.9. The highest BCUT2D eigenvalue weighted by atomic mass is 35.5. The van der Waals surface area contributed by atoms with E-state index >= 15 is 0 Å². The summed E-state index contributed by atoms with van der Waals surface area (Å²) >= 11 is 24.4. The van der Waals surface area contributed by atoms with Gasteiger partial charge in [0.1, 0.15) is 5.54 Å². The number of rotatable bonds is 5. The minimum absolute atomic E-state index is 0.0663. The van der Waals surface area contributed by atoms with Crippen molar-refractivity contribution in [3.05, 3.63) is 31.7 Å². The van der Waals surface area contributed by atoms with Gasteiger partial charge in [-0.05, 0) is 36.8 Å². The van der Waals surface area contributed by atoms with Gasteiger partial charge in [0, 0.05) is 5.02 Å². The normalized spacial score (nSPS) is 17.1. The molecule has 3 N–H and O–H groups in total. The summed E-state index contributed by atoms with van der Waals surface area (Å²) in [5, 5.41) is 10.3. The van der Waals surface area contributed by atoms with Gasteiger partial charge >= 0.3 is 5.97 Å². The Labute approximate surface area is 144 Å². The number of aliphatic carboxylic acids is 1. The molecule has 0 fully saturated rings. The van der Waals surface area contributed by atoms with Gasteiger partial charge in [-0.2, -0.15) is 0 Å². The van der Waals surface area contributed by atoms with Crippen LogP contribution in [0.15, 0.2) is 6.07 Å². The second-order valence-electron chi connectivity index (χ2n) is 5.57. The van der Waals surface area contributed by atoms with E-state index in [2.05, 4.69) is 0 Å². The van der Waals surface area contributed by atoms with Gasteiger partial charge in [0.2, 0.25) is 0 Å². The van der Waals surface area contributed by atoms with Gasteiger partial charge < -0.3 is 10.8 Å². The fourth-order valence-corrected chi connectivity index (χ4v) is 3.48. The number of nitrogens with two attached hydrogens (primary N) is 1. The van der Waals surface area contributed by atoms with E-state index in [0.717, 1.165) is 0 Å². The van der Waals surface area contributed by atoms with E-state index in [4.69, 9.17) is 57.2 Å². The van der Waals surface area contributed by atoms with Gasteiger partial charge in [0.05, 0.1) is 15.1 Å². The van der Waals surface area contributed by atoms with Gasteiger partial charge in [0.25, 0.3) is 0 Å². The van der Waals surface area contributed by atoms with Crippen LogP contribution >= 0.6 is 46.4 Å². The van der Waals surface area contributed by atoms with Crippen LogP contribution in [0, 0.1) is 5.92 Å². The van der Waals surface area contributed by atoms with Crippen LogP contribution in [-0.4, -0.2) is 16.6 Å². The Morgan fingerprint density at radius 1 is 1.24 bits per heavy atom. The molecule has 7 heteroatoms. The number of carboxylic acid groups (broad SMARTS) is 1. The predicted molar refractivity (Wildman–Crippen MR) is 88.9 cm³/mol. The van der Waals surface area contributed by atoms with E-state index in [1.54, 1.807) is 0 Å². The fourth-order valence-electron chi connectivity index (χ4n) is 2.22. The Morgan fingerprint density at radius 2 is 1.76 bits per heavy atom. The lowest BCUT2D eigenvalue weighted by atomic mass is 9.80. The standard InChI is InChI=1S/C14H17Cl4NO2/c1-6(5-14(3,19)13(20)21)7(2)10-8(15)4-9(16)11(17)12(10)18/h4,6-7H,5,19H2,1-3H3,(H,20,21). The smallest absolute Gasteiger partial charge is 0.323 e. The number of halogens is 4. The predicted octanol–water partition coefficient (Wildman–Crippen LogP) is 5.23. The highest BCUT2D eigenvalue weighted by Crippen LogP contribution is 2.44.